The average Bonchev–Trinajstić information content (AvgIpc) is 2.94. The molecule has 0 saturated carbocycles. The van der Waals surface area contributed by atoms with Crippen molar-refractivity contribution < 1.29 is 4.42 Å². The number of hydrogen-bond acceptors (Lipinski definition) is 4. The zero-order chi connectivity index (χ0) is 12.3. The van der Waals surface area contributed by atoms with Crippen LogP contribution in [-0.4, -0.2) is 36.1 Å². The van der Waals surface area contributed by atoms with Crippen LogP contribution in [0.4, 0.5) is 0 Å². The molecular weight excluding hydrogens is 214 g/mol. The molecule has 2 rings (SSSR count). The second kappa shape index (κ2) is 5.65. The van der Waals surface area contributed by atoms with Gasteiger partial charge in [-0.2, -0.15) is 0 Å². The second-order valence-electron chi connectivity index (χ2n) is 5.02. The topological polar surface area (TPSA) is 41.3 Å². The maximum atomic E-state index is 5.65. The molecule has 0 bridgehead atoms. The summed E-state index contributed by atoms with van der Waals surface area (Å²) in [6.45, 7) is 6.59. The van der Waals surface area contributed by atoms with E-state index in [0.717, 1.165) is 31.1 Å². The quantitative estimate of drug-likeness (QED) is 0.850. The van der Waals surface area contributed by atoms with E-state index in [0.29, 0.717) is 12.1 Å². The van der Waals surface area contributed by atoms with Crippen molar-refractivity contribution in [2.75, 3.05) is 20.1 Å². The summed E-state index contributed by atoms with van der Waals surface area (Å²) in [4.78, 5) is 7.09. The smallest absolute Gasteiger partial charge is 0.211 e. The molecular formula is C13H23N3O. The summed E-state index contributed by atoms with van der Waals surface area (Å²) in [5.74, 6) is 0.905. The number of nitrogens with zero attached hydrogens (tertiary/aromatic N) is 2. The van der Waals surface area contributed by atoms with E-state index in [1.807, 2.05) is 13.3 Å². The fourth-order valence-electron chi connectivity index (χ4n) is 2.52. The predicted molar refractivity (Wildman–Crippen MR) is 68.0 cm³/mol. The third-order valence-electron chi connectivity index (χ3n) is 3.44. The fourth-order valence-corrected chi connectivity index (χ4v) is 2.52. The van der Waals surface area contributed by atoms with Gasteiger partial charge in [0.15, 0.2) is 0 Å². The third kappa shape index (κ3) is 2.87. The minimum atomic E-state index is 0.387. The first-order chi connectivity index (χ1) is 8.22. The molecule has 0 amide bonds. The number of hydrogen-bond donors (Lipinski definition) is 1. The van der Waals surface area contributed by atoms with E-state index in [4.69, 9.17) is 4.42 Å². The summed E-state index contributed by atoms with van der Waals surface area (Å²) in [5, 5.41) is 3.13. The number of rotatable bonds is 5. The zero-order valence-electron chi connectivity index (χ0n) is 11.1. The van der Waals surface area contributed by atoms with Gasteiger partial charge < -0.3 is 9.73 Å². The van der Waals surface area contributed by atoms with Gasteiger partial charge in [-0.1, -0.05) is 0 Å². The Bertz CT molecular complexity index is 348. The molecule has 4 nitrogen and oxygen atoms in total. The van der Waals surface area contributed by atoms with E-state index in [-0.39, 0.29) is 0 Å². The summed E-state index contributed by atoms with van der Waals surface area (Å²) in [5.41, 5.74) is 1.06. The highest BCUT2D eigenvalue weighted by Crippen LogP contribution is 2.32. The van der Waals surface area contributed by atoms with Crippen LogP contribution >= 0.6 is 0 Å². The van der Waals surface area contributed by atoms with Gasteiger partial charge in [0.1, 0.15) is 6.26 Å². The molecule has 1 atom stereocenters. The van der Waals surface area contributed by atoms with Crippen LogP contribution in [-0.2, 0) is 6.42 Å². The highest BCUT2D eigenvalue weighted by Gasteiger charge is 2.31. The number of nitrogens with one attached hydrogen (secondary N) is 1. The lowest BCUT2D eigenvalue weighted by atomic mass is 10.2. The van der Waals surface area contributed by atoms with Crippen molar-refractivity contribution in [2.24, 2.45) is 0 Å². The number of likely N-dealkylation sites (N-methyl/N-ethyl adjacent to an activating group) is 1. The maximum absolute atomic E-state index is 5.65. The first-order valence-corrected chi connectivity index (χ1v) is 6.57. The normalized spacial score (nSPS) is 21.5. The number of oxazole rings is 1. The van der Waals surface area contributed by atoms with Gasteiger partial charge in [-0.25, -0.2) is 4.98 Å². The molecule has 0 aliphatic carbocycles. The Morgan fingerprint density at radius 1 is 1.59 bits per heavy atom. The molecule has 96 valence electrons. The number of aromatic nitrogens is 1. The van der Waals surface area contributed by atoms with Crippen LogP contribution in [0.5, 0.6) is 0 Å². The maximum Gasteiger partial charge on any atom is 0.211 e. The molecule has 0 radical (unpaired) electrons. The average molecular weight is 237 g/mol. The Morgan fingerprint density at radius 2 is 2.41 bits per heavy atom. The standard InChI is InChI=1S/C13H23N3O/c1-10(2)16-8-4-5-12(16)13-15-11(9-17-13)6-7-14-3/h9-10,12,14H,4-8H2,1-3H3. The van der Waals surface area contributed by atoms with E-state index in [2.05, 4.69) is 29.0 Å². The Balaban J connectivity index is 2.03. The summed E-state index contributed by atoms with van der Waals surface area (Å²) in [6.07, 6.45) is 5.17. The van der Waals surface area contributed by atoms with Crippen LogP contribution in [0.2, 0.25) is 0 Å². The molecule has 1 saturated heterocycles. The van der Waals surface area contributed by atoms with Crippen molar-refractivity contribution >= 4 is 0 Å². The Kier molecular flexibility index (Phi) is 4.18. The van der Waals surface area contributed by atoms with Crippen molar-refractivity contribution in [1.82, 2.24) is 15.2 Å². The summed E-state index contributed by atoms with van der Waals surface area (Å²) < 4.78 is 5.65. The van der Waals surface area contributed by atoms with E-state index in [1.54, 1.807) is 0 Å². The summed E-state index contributed by atoms with van der Waals surface area (Å²) in [6, 6.07) is 0.952. The van der Waals surface area contributed by atoms with Crippen LogP contribution < -0.4 is 5.32 Å². The molecule has 1 aromatic heterocycles. The SMILES string of the molecule is CNCCc1coc(C2CCCN2C(C)C)n1. The lowest BCUT2D eigenvalue weighted by Gasteiger charge is -2.25. The molecule has 0 aromatic carbocycles. The van der Waals surface area contributed by atoms with Gasteiger partial charge in [-0.15, -0.1) is 0 Å². The minimum absolute atomic E-state index is 0.387. The predicted octanol–water partition coefficient (Wildman–Crippen LogP) is 1.98. The zero-order valence-corrected chi connectivity index (χ0v) is 11.1. The van der Waals surface area contributed by atoms with Crippen LogP contribution in [0.25, 0.3) is 0 Å². The largest absolute Gasteiger partial charge is 0.447 e. The Labute approximate surface area is 103 Å². The van der Waals surface area contributed by atoms with Crippen molar-refractivity contribution in [3.63, 3.8) is 0 Å². The molecule has 1 aromatic rings. The van der Waals surface area contributed by atoms with Gasteiger partial charge in [0, 0.05) is 19.0 Å². The summed E-state index contributed by atoms with van der Waals surface area (Å²) in [7, 11) is 1.96. The van der Waals surface area contributed by atoms with Crippen LogP contribution in [0.3, 0.4) is 0 Å². The molecule has 2 heterocycles. The highest BCUT2D eigenvalue weighted by molar-refractivity contribution is 5.03. The molecule has 1 aliphatic heterocycles. The van der Waals surface area contributed by atoms with E-state index >= 15 is 0 Å². The van der Waals surface area contributed by atoms with Crippen molar-refractivity contribution in [3.05, 3.63) is 17.8 Å². The molecule has 1 aliphatic rings. The van der Waals surface area contributed by atoms with E-state index in [9.17, 15) is 0 Å². The van der Waals surface area contributed by atoms with Crippen molar-refractivity contribution in [1.29, 1.82) is 0 Å². The molecule has 1 fully saturated rings. The van der Waals surface area contributed by atoms with Gasteiger partial charge >= 0.3 is 0 Å². The molecule has 0 spiro atoms. The van der Waals surface area contributed by atoms with Crippen molar-refractivity contribution in [3.8, 4) is 0 Å². The monoisotopic (exact) mass is 237 g/mol. The van der Waals surface area contributed by atoms with Gasteiger partial charge in [0.2, 0.25) is 5.89 Å². The highest BCUT2D eigenvalue weighted by atomic mass is 16.3. The van der Waals surface area contributed by atoms with Crippen LogP contribution in [0.1, 0.15) is 44.3 Å². The first kappa shape index (κ1) is 12.6. The van der Waals surface area contributed by atoms with E-state index < -0.39 is 0 Å². The molecule has 17 heavy (non-hydrogen) atoms. The third-order valence-corrected chi connectivity index (χ3v) is 3.44. The minimum Gasteiger partial charge on any atom is -0.447 e. The lowest BCUT2D eigenvalue weighted by molar-refractivity contribution is 0.179. The first-order valence-electron chi connectivity index (χ1n) is 6.57. The van der Waals surface area contributed by atoms with Gasteiger partial charge in [-0.3, -0.25) is 4.90 Å². The Morgan fingerprint density at radius 3 is 3.12 bits per heavy atom. The van der Waals surface area contributed by atoms with Crippen LogP contribution in [0.15, 0.2) is 10.7 Å². The number of likely N-dealkylation sites (tertiary alicyclic amines) is 1. The molecule has 1 unspecified atom stereocenters. The van der Waals surface area contributed by atoms with E-state index in [1.165, 1.54) is 12.8 Å². The molecule has 4 heteroatoms. The summed E-state index contributed by atoms with van der Waals surface area (Å²) >= 11 is 0. The van der Waals surface area contributed by atoms with Crippen molar-refractivity contribution in [2.45, 2.75) is 45.2 Å². The fraction of sp³-hybridized carbons (Fsp3) is 0.769. The Hall–Kier alpha value is -0.870. The molecule has 1 N–H and O–H groups in total. The van der Waals surface area contributed by atoms with Crippen LogP contribution in [0, 0.1) is 0 Å². The van der Waals surface area contributed by atoms with Gasteiger partial charge in [0.05, 0.1) is 11.7 Å². The van der Waals surface area contributed by atoms with Gasteiger partial charge in [0.25, 0.3) is 0 Å². The lowest BCUT2D eigenvalue weighted by Crippen LogP contribution is -2.30. The second-order valence-corrected chi connectivity index (χ2v) is 5.02. The van der Waals surface area contributed by atoms with Gasteiger partial charge in [-0.05, 0) is 40.3 Å².